The number of hydrogen-bond acceptors (Lipinski definition) is 4. The molecule has 0 amide bonds. The summed E-state index contributed by atoms with van der Waals surface area (Å²) in [5, 5.41) is 35.0. The first-order valence-electron chi connectivity index (χ1n) is 4.37. The van der Waals surface area contributed by atoms with E-state index in [9.17, 15) is 19.2 Å². The standard InChI is InChI=1S/C10H6O8.La/c11-7(12)3-1-4(8(13)14)6(10(17)18)2-5(3)9(15)16;/h1-2H,(H,11,12)(H,13,14)(H,15,16)(H,17,18);. The monoisotopic (exact) mass is 393 g/mol. The Balaban J connectivity index is 0.00000324. The second-order valence-electron chi connectivity index (χ2n) is 3.16. The van der Waals surface area contributed by atoms with Crippen molar-refractivity contribution in [3.8, 4) is 0 Å². The molecule has 0 aliphatic heterocycles. The minimum Gasteiger partial charge on any atom is -0.478 e. The molecule has 1 aromatic rings. The number of carbonyl (C=O) groups is 4. The summed E-state index contributed by atoms with van der Waals surface area (Å²) in [6.45, 7) is 0. The van der Waals surface area contributed by atoms with Crippen molar-refractivity contribution < 1.29 is 75.2 Å². The van der Waals surface area contributed by atoms with Crippen molar-refractivity contribution in [3.05, 3.63) is 34.4 Å². The topological polar surface area (TPSA) is 149 Å². The van der Waals surface area contributed by atoms with Crippen LogP contribution >= 0.6 is 0 Å². The van der Waals surface area contributed by atoms with E-state index >= 15 is 0 Å². The van der Waals surface area contributed by atoms with Crippen LogP contribution in [0.15, 0.2) is 12.1 Å². The molecule has 8 nitrogen and oxygen atoms in total. The third-order valence-electron chi connectivity index (χ3n) is 2.08. The van der Waals surface area contributed by atoms with E-state index in [4.69, 9.17) is 20.4 Å². The molecule has 0 heterocycles. The average molecular weight is 393 g/mol. The summed E-state index contributed by atoms with van der Waals surface area (Å²) in [4.78, 5) is 43.1. The van der Waals surface area contributed by atoms with Gasteiger partial charge in [0.25, 0.3) is 0 Å². The third kappa shape index (κ3) is 3.63. The molecule has 0 unspecified atom stereocenters. The van der Waals surface area contributed by atoms with E-state index in [1.807, 2.05) is 0 Å². The predicted molar refractivity (Wildman–Crippen MR) is 54.3 cm³/mol. The van der Waals surface area contributed by atoms with E-state index in [1.165, 1.54) is 0 Å². The van der Waals surface area contributed by atoms with Crippen LogP contribution in [0.4, 0.5) is 0 Å². The molecule has 4 N–H and O–H groups in total. The van der Waals surface area contributed by atoms with Crippen LogP contribution in [0.3, 0.4) is 0 Å². The molecular weight excluding hydrogens is 387 g/mol. The molecule has 0 atom stereocenters. The Kier molecular flexibility index (Phi) is 5.88. The molecule has 0 aliphatic carbocycles. The Bertz CT molecular complexity index is 479. The zero-order valence-electron chi connectivity index (χ0n) is 9.15. The molecule has 1 radical (unpaired) electrons. The number of rotatable bonds is 4. The van der Waals surface area contributed by atoms with Crippen molar-refractivity contribution in [2.24, 2.45) is 0 Å². The van der Waals surface area contributed by atoms with Crippen molar-refractivity contribution >= 4 is 23.9 Å². The minimum absolute atomic E-state index is 0. The number of hydrogen-bond donors (Lipinski definition) is 4. The van der Waals surface area contributed by atoms with Gasteiger partial charge in [0.05, 0.1) is 22.3 Å². The molecular formula is C10H6LaO8. The zero-order chi connectivity index (χ0) is 14.0. The summed E-state index contributed by atoms with van der Waals surface area (Å²) in [6.07, 6.45) is 0. The largest absolute Gasteiger partial charge is 0.478 e. The van der Waals surface area contributed by atoms with E-state index in [1.54, 1.807) is 0 Å². The van der Waals surface area contributed by atoms with Crippen LogP contribution < -0.4 is 0 Å². The van der Waals surface area contributed by atoms with Crippen molar-refractivity contribution in [2.45, 2.75) is 0 Å². The normalized spacial score (nSPS) is 9.26. The van der Waals surface area contributed by atoms with Gasteiger partial charge in [-0.25, -0.2) is 19.2 Å². The first-order chi connectivity index (χ1) is 8.25. The van der Waals surface area contributed by atoms with Gasteiger partial charge < -0.3 is 20.4 Å². The molecule has 19 heavy (non-hydrogen) atoms. The van der Waals surface area contributed by atoms with Crippen LogP contribution in [0.1, 0.15) is 41.4 Å². The van der Waals surface area contributed by atoms with Crippen LogP contribution in [0, 0.1) is 35.6 Å². The third-order valence-corrected chi connectivity index (χ3v) is 2.08. The second kappa shape index (κ2) is 6.46. The van der Waals surface area contributed by atoms with Gasteiger partial charge in [-0.1, -0.05) is 0 Å². The molecule has 0 spiro atoms. The van der Waals surface area contributed by atoms with Crippen molar-refractivity contribution in [1.82, 2.24) is 0 Å². The van der Waals surface area contributed by atoms with Gasteiger partial charge in [0, 0.05) is 35.6 Å². The molecule has 0 aromatic heterocycles. The molecule has 0 saturated carbocycles. The van der Waals surface area contributed by atoms with E-state index < -0.39 is 46.1 Å². The van der Waals surface area contributed by atoms with Crippen LogP contribution in [-0.2, 0) is 0 Å². The van der Waals surface area contributed by atoms with Gasteiger partial charge in [-0.2, -0.15) is 0 Å². The molecule has 0 aliphatic rings. The molecule has 97 valence electrons. The summed E-state index contributed by atoms with van der Waals surface area (Å²) in [5.74, 6) is -6.64. The summed E-state index contributed by atoms with van der Waals surface area (Å²) in [6, 6.07) is 1.02. The quantitative estimate of drug-likeness (QED) is 0.577. The van der Waals surface area contributed by atoms with Gasteiger partial charge >= 0.3 is 23.9 Å². The Morgan fingerprint density at radius 2 is 0.737 bits per heavy atom. The summed E-state index contributed by atoms with van der Waals surface area (Å²) in [5.41, 5.74) is -3.15. The van der Waals surface area contributed by atoms with Crippen molar-refractivity contribution in [3.63, 3.8) is 0 Å². The maximum atomic E-state index is 10.8. The summed E-state index contributed by atoms with van der Waals surface area (Å²) < 4.78 is 0. The second-order valence-corrected chi connectivity index (χ2v) is 3.16. The first kappa shape index (κ1) is 17.3. The van der Waals surface area contributed by atoms with E-state index in [0.29, 0.717) is 12.1 Å². The Hall–Kier alpha value is -1.71. The average Bonchev–Trinajstić information content (AvgIpc) is 2.26. The van der Waals surface area contributed by atoms with Crippen LogP contribution in [0.25, 0.3) is 0 Å². The maximum Gasteiger partial charge on any atom is 0.336 e. The van der Waals surface area contributed by atoms with Crippen molar-refractivity contribution in [1.29, 1.82) is 0 Å². The summed E-state index contributed by atoms with van der Waals surface area (Å²) in [7, 11) is 0. The van der Waals surface area contributed by atoms with Crippen LogP contribution in [-0.4, -0.2) is 44.3 Å². The van der Waals surface area contributed by atoms with Crippen LogP contribution in [0.5, 0.6) is 0 Å². The fraction of sp³-hybridized carbons (Fsp3) is 0. The maximum absolute atomic E-state index is 10.8. The fourth-order valence-electron chi connectivity index (χ4n) is 1.31. The van der Waals surface area contributed by atoms with Crippen molar-refractivity contribution in [2.75, 3.05) is 0 Å². The Morgan fingerprint density at radius 1 is 0.579 bits per heavy atom. The number of benzene rings is 1. The Morgan fingerprint density at radius 3 is 0.842 bits per heavy atom. The van der Waals surface area contributed by atoms with Gasteiger partial charge in [-0.15, -0.1) is 0 Å². The Labute approximate surface area is 133 Å². The minimum atomic E-state index is -1.66. The number of carboxylic acid groups (broad SMARTS) is 4. The zero-order valence-corrected chi connectivity index (χ0v) is 12.8. The molecule has 1 aromatic carbocycles. The predicted octanol–water partition coefficient (Wildman–Crippen LogP) is 0.479. The van der Waals surface area contributed by atoms with Gasteiger partial charge in [0.1, 0.15) is 0 Å². The van der Waals surface area contributed by atoms with Gasteiger partial charge in [0.15, 0.2) is 0 Å². The SMILES string of the molecule is O=C(O)c1cc(C(=O)O)c(C(=O)O)cc1C(=O)O.[La]. The molecule has 1 rings (SSSR count). The van der Waals surface area contributed by atoms with Gasteiger partial charge in [-0.05, 0) is 12.1 Å². The summed E-state index contributed by atoms with van der Waals surface area (Å²) >= 11 is 0. The number of aromatic carboxylic acids is 4. The fourth-order valence-corrected chi connectivity index (χ4v) is 1.31. The molecule has 0 bridgehead atoms. The number of carboxylic acids is 4. The smallest absolute Gasteiger partial charge is 0.336 e. The van der Waals surface area contributed by atoms with E-state index in [0.717, 1.165) is 0 Å². The van der Waals surface area contributed by atoms with E-state index in [2.05, 4.69) is 0 Å². The first-order valence-corrected chi connectivity index (χ1v) is 4.37. The van der Waals surface area contributed by atoms with Gasteiger partial charge in [-0.3, -0.25) is 0 Å². The van der Waals surface area contributed by atoms with Gasteiger partial charge in [0.2, 0.25) is 0 Å². The van der Waals surface area contributed by atoms with Crippen LogP contribution in [0.2, 0.25) is 0 Å². The molecule has 0 saturated heterocycles. The molecule has 9 heteroatoms. The molecule has 0 fully saturated rings. The van der Waals surface area contributed by atoms with E-state index in [-0.39, 0.29) is 35.6 Å².